The maximum atomic E-state index is 11.4. The largest absolute Gasteiger partial charge is 0.391 e. The van der Waals surface area contributed by atoms with Crippen molar-refractivity contribution in [3.63, 3.8) is 0 Å². The van der Waals surface area contributed by atoms with Crippen molar-refractivity contribution in [1.82, 2.24) is 0 Å². The molecular formula is C16H19NO3S. The van der Waals surface area contributed by atoms with Gasteiger partial charge in [-0.1, -0.05) is 42.5 Å². The zero-order valence-electron chi connectivity index (χ0n) is 11.8. The average molecular weight is 305 g/mol. The lowest BCUT2D eigenvalue weighted by molar-refractivity contribution is 0.145. The molecule has 0 fully saturated rings. The SMILES string of the molecule is CS(=O)(=O)c1ccc([C@H](N)[C@H](O)Cc2ccccc2)cc1. The van der Waals surface area contributed by atoms with Crippen molar-refractivity contribution < 1.29 is 13.5 Å². The van der Waals surface area contributed by atoms with E-state index >= 15 is 0 Å². The zero-order chi connectivity index (χ0) is 15.5. The first kappa shape index (κ1) is 15.7. The van der Waals surface area contributed by atoms with E-state index in [0.717, 1.165) is 11.8 Å². The molecule has 5 heteroatoms. The van der Waals surface area contributed by atoms with Crippen LogP contribution in [0.4, 0.5) is 0 Å². The predicted octanol–water partition coefficient (Wildman–Crippen LogP) is 1.69. The van der Waals surface area contributed by atoms with Crippen molar-refractivity contribution in [3.8, 4) is 0 Å². The number of aliphatic hydroxyl groups excluding tert-OH is 1. The maximum Gasteiger partial charge on any atom is 0.175 e. The molecule has 0 aliphatic heterocycles. The third-order valence-corrected chi connectivity index (χ3v) is 4.52. The van der Waals surface area contributed by atoms with Gasteiger partial charge in [0.2, 0.25) is 0 Å². The fraction of sp³-hybridized carbons (Fsp3) is 0.250. The average Bonchev–Trinajstić information content (AvgIpc) is 2.46. The molecule has 0 aliphatic carbocycles. The number of hydrogen-bond acceptors (Lipinski definition) is 4. The fourth-order valence-corrected chi connectivity index (χ4v) is 2.77. The molecule has 21 heavy (non-hydrogen) atoms. The highest BCUT2D eigenvalue weighted by molar-refractivity contribution is 7.90. The summed E-state index contributed by atoms with van der Waals surface area (Å²) in [6.07, 6.45) is 0.888. The van der Waals surface area contributed by atoms with Gasteiger partial charge in [-0.05, 0) is 23.3 Å². The Kier molecular flexibility index (Phi) is 4.77. The van der Waals surface area contributed by atoms with Gasteiger partial charge in [0.1, 0.15) is 0 Å². The summed E-state index contributed by atoms with van der Waals surface area (Å²) in [5.74, 6) is 0. The smallest absolute Gasteiger partial charge is 0.175 e. The fourth-order valence-electron chi connectivity index (χ4n) is 2.14. The van der Waals surface area contributed by atoms with E-state index in [1.807, 2.05) is 30.3 Å². The lowest BCUT2D eigenvalue weighted by Gasteiger charge is -2.19. The number of rotatable bonds is 5. The molecule has 112 valence electrons. The molecule has 0 bridgehead atoms. The third kappa shape index (κ3) is 4.14. The monoisotopic (exact) mass is 305 g/mol. The highest BCUT2D eigenvalue weighted by Crippen LogP contribution is 2.19. The van der Waals surface area contributed by atoms with E-state index in [0.29, 0.717) is 12.0 Å². The molecule has 0 radical (unpaired) electrons. The van der Waals surface area contributed by atoms with Crippen molar-refractivity contribution >= 4 is 9.84 Å². The van der Waals surface area contributed by atoms with Crippen LogP contribution in [-0.2, 0) is 16.3 Å². The van der Waals surface area contributed by atoms with Gasteiger partial charge in [-0.15, -0.1) is 0 Å². The van der Waals surface area contributed by atoms with Crippen LogP contribution in [0.15, 0.2) is 59.5 Å². The second kappa shape index (κ2) is 6.39. The topological polar surface area (TPSA) is 80.4 Å². The van der Waals surface area contributed by atoms with Gasteiger partial charge in [0.25, 0.3) is 0 Å². The Morgan fingerprint density at radius 2 is 1.62 bits per heavy atom. The molecule has 0 aromatic heterocycles. The Morgan fingerprint density at radius 3 is 2.14 bits per heavy atom. The molecule has 0 amide bonds. The van der Waals surface area contributed by atoms with Crippen LogP contribution in [-0.4, -0.2) is 25.9 Å². The Hall–Kier alpha value is -1.69. The van der Waals surface area contributed by atoms with Gasteiger partial charge in [0.15, 0.2) is 9.84 Å². The van der Waals surface area contributed by atoms with Gasteiger partial charge in [0, 0.05) is 12.7 Å². The highest BCUT2D eigenvalue weighted by atomic mass is 32.2. The van der Waals surface area contributed by atoms with Gasteiger partial charge >= 0.3 is 0 Å². The molecule has 4 nitrogen and oxygen atoms in total. The van der Waals surface area contributed by atoms with Crippen LogP contribution in [0.1, 0.15) is 17.2 Å². The van der Waals surface area contributed by atoms with E-state index < -0.39 is 22.0 Å². The van der Waals surface area contributed by atoms with Gasteiger partial charge in [-0.2, -0.15) is 0 Å². The van der Waals surface area contributed by atoms with Crippen LogP contribution in [0.25, 0.3) is 0 Å². The van der Waals surface area contributed by atoms with E-state index in [1.165, 1.54) is 12.1 Å². The normalized spacial score (nSPS) is 14.6. The molecule has 0 unspecified atom stereocenters. The van der Waals surface area contributed by atoms with Crippen molar-refractivity contribution in [2.45, 2.75) is 23.5 Å². The minimum Gasteiger partial charge on any atom is -0.391 e. The molecule has 2 aromatic carbocycles. The highest BCUT2D eigenvalue weighted by Gasteiger charge is 2.18. The van der Waals surface area contributed by atoms with E-state index in [4.69, 9.17) is 5.73 Å². The summed E-state index contributed by atoms with van der Waals surface area (Å²) in [4.78, 5) is 0.246. The Bertz CT molecular complexity index is 681. The standard InChI is InChI=1S/C16H19NO3S/c1-21(19,20)14-9-7-13(8-10-14)16(17)15(18)11-12-5-3-2-4-6-12/h2-10,15-16,18H,11,17H2,1H3/t15-,16+/m1/s1. The third-order valence-electron chi connectivity index (χ3n) is 3.40. The van der Waals surface area contributed by atoms with E-state index in [2.05, 4.69) is 0 Å². The van der Waals surface area contributed by atoms with Gasteiger partial charge in [-0.25, -0.2) is 8.42 Å². The van der Waals surface area contributed by atoms with Crippen molar-refractivity contribution in [2.75, 3.05) is 6.26 Å². The first-order chi connectivity index (χ1) is 9.88. The summed E-state index contributed by atoms with van der Waals surface area (Å²) in [5, 5.41) is 10.2. The predicted molar refractivity (Wildman–Crippen MR) is 82.6 cm³/mol. The van der Waals surface area contributed by atoms with Crippen molar-refractivity contribution in [3.05, 3.63) is 65.7 Å². The van der Waals surface area contributed by atoms with E-state index in [-0.39, 0.29) is 4.90 Å². The molecular weight excluding hydrogens is 286 g/mol. The first-order valence-corrected chi connectivity index (χ1v) is 8.54. The molecule has 0 saturated heterocycles. The molecule has 0 aliphatic rings. The van der Waals surface area contributed by atoms with Crippen LogP contribution in [0.2, 0.25) is 0 Å². The van der Waals surface area contributed by atoms with Crippen LogP contribution in [0.5, 0.6) is 0 Å². The summed E-state index contributed by atoms with van der Waals surface area (Å²) >= 11 is 0. The molecule has 2 rings (SSSR count). The van der Waals surface area contributed by atoms with Gasteiger partial charge in [-0.3, -0.25) is 0 Å². The quantitative estimate of drug-likeness (QED) is 0.881. The number of benzene rings is 2. The molecule has 3 N–H and O–H groups in total. The maximum absolute atomic E-state index is 11.4. The minimum atomic E-state index is -3.22. The van der Waals surface area contributed by atoms with E-state index in [1.54, 1.807) is 12.1 Å². The lowest BCUT2D eigenvalue weighted by atomic mass is 9.97. The van der Waals surface area contributed by atoms with Crippen LogP contribution >= 0.6 is 0 Å². The second-order valence-electron chi connectivity index (χ2n) is 5.12. The summed E-state index contributed by atoms with van der Waals surface area (Å²) in [5.41, 5.74) is 7.77. The Labute approximate surface area is 125 Å². The van der Waals surface area contributed by atoms with Crippen molar-refractivity contribution in [2.24, 2.45) is 5.73 Å². The molecule has 2 aromatic rings. The minimum absolute atomic E-state index is 0.246. The summed E-state index contributed by atoms with van der Waals surface area (Å²) in [7, 11) is -3.22. The van der Waals surface area contributed by atoms with E-state index in [9.17, 15) is 13.5 Å². The molecule has 0 spiro atoms. The van der Waals surface area contributed by atoms with Crippen LogP contribution < -0.4 is 5.73 Å². The molecule has 0 saturated carbocycles. The summed E-state index contributed by atoms with van der Waals surface area (Å²) in [6.45, 7) is 0. The van der Waals surface area contributed by atoms with Crippen LogP contribution in [0.3, 0.4) is 0 Å². The van der Waals surface area contributed by atoms with Crippen molar-refractivity contribution in [1.29, 1.82) is 0 Å². The number of nitrogens with two attached hydrogens (primary N) is 1. The molecule has 0 heterocycles. The second-order valence-corrected chi connectivity index (χ2v) is 7.14. The first-order valence-electron chi connectivity index (χ1n) is 6.65. The van der Waals surface area contributed by atoms with Gasteiger partial charge < -0.3 is 10.8 Å². The Morgan fingerprint density at radius 1 is 1.05 bits per heavy atom. The number of sulfone groups is 1. The lowest BCUT2D eigenvalue weighted by Crippen LogP contribution is -2.28. The van der Waals surface area contributed by atoms with Crippen LogP contribution in [0, 0.1) is 0 Å². The summed E-state index contributed by atoms with van der Waals surface area (Å²) in [6, 6.07) is 15.4. The Balaban J connectivity index is 2.10. The number of aliphatic hydroxyl groups is 1. The number of hydrogen-bond donors (Lipinski definition) is 2. The molecule has 2 atom stereocenters. The zero-order valence-corrected chi connectivity index (χ0v) is 12.6. The van der Waals surface area contributed by atoms with Gasteiger partial charge in [0.05, 0.1) is 17.0 Å². The summed E-state index contributed by atoms with van der Waals surface area (Å²) < 4.78 is 22.8.